The van der Waals surface area contributed by atoms with E-state index in [2.05, 4.69) is 6.92 Å². The summed E-state index contributed by atoms with van der Waals surface area (Å²) in [4.78, 5) is 34.3. The molecule has 2 unspecified atom stereocenters. The summed E-state index contributed by atoms with van der Waals surface area (Å²) in [6.07, 6.45) is 3.84. The van der Waals surface area contributed by atoms with Gasteiger partial charge in [-0.1, -0.05) is 26.2 Å². The average molecular weight is 390 g/mol. The highest BCUT2D eigenvalue weighted by atomic mass is 16.6. The average Bonchev–Trinajstić information content (AvgIpc) is 2.54. The van der Waals surface area contributed by atoms with E-state index in [9.17, 15) is 19.5 Å². The van der Waals surface area contributed by atoms with E-state index in [-0.39, 0.29) is 30.3 Å². The molecule has 0 heterocycles. The van der Waals surface area contributed by atoms with E-state index in [4.69, 9.17) is 14.2 Å². The number of carboxylic acid groups (broad SMARTS) is 1. The van der Waals surface area contributed by atoms with Crippen LogP contribution < -0.4 is 0 Å². The lowest BCUT2D eigenvalue weighted by molar-refractivity contribution is -0.887. The number of likely N-dealkylation sites (N-methyl/N-ethyl adjacent to an activating group) is 1. The van der Waals surface area contributed by atoms with E-state index in [1.165, 1.54) is 6.92 Å². The van der Waals surface area contributed by atoms with Crippen molar-refractivity contribution in [1.82, 2.24) is 0 Å². The fraction of sp³-hybridized carbons (Fsp3) is 0.842. The van der Waals surface area contributed by atoms with Crippen LogP contribution in [0.2, 0.25) is 0 Å². The molecule has 8 nitrogen and oxygen atoms in total. The topological polar surface area (TPSA) is 99.1 Å². The Kier molecular flexibility index (Phi) is 12.7. The smallest absolute Gasteiger partial charge is 0.362 e. The molecule has 0 radical (unpaired) electrons. The highest BCUT2D eigenvalue weighted by Gasteiger charge is 2.31. The third kappa shape index (κ3) is 13.2. The van der Waals surface area contributed by atoms with Crippen molar-refractivity contribution in [1.29, 1.82) is 0 Å². The van der Waals surface area contributed by atoms with Gasteiger partial charge in [-0.15, -0.1) is 0 Å². The lowest BCUT2D eigenvalue weighted by atomic mass is 10.1. The molecule has 0 saturated carbocycles. The van der Waals surface area contributed by atoms with Crippen molar-refractivity contribution in [2.24, 2.45) is 0 Å². The first-order valence-corrected chi connectivity index (χ1v) is 9.52. The molecule has 0 bridgehead atoms. The van der Waals surface area contributed by atoms with Crippen molar-refractivity contribution in [3.63, 3.8) is 0 Å². The van der Waals surface area contributed by atoms with Gasteiger partial charge in [0.1, 0.15) is 6.61 Å². The number of hydrogen-bond donors (Lipinski definition) is 1. The standard InChI is InChI=1S/C19H35NO7/c1-6-7-8-9-10-18(22)27-16(14-26-15(2)21)13-25-12-11-17(19(23)24)20(3,4)5/h16-17H,6-14H2,1-5H3/p+1. The number of ether oxygens (including phenoxy) is 3. The van der Waals surface area contributed by atoms with E-state index in [1.54, 1.807) is 0 Å². The van der Waals surface area contributed by atoms with Gasteiger partial charge in [-0.3, -0.25) is 9.59 Å². The van der Waals surface area contributed by atoms with Gasteiger partial charge in [-0.05, 0) is 6.42 Å². The van der Waals surface area contributed by atoms with Crippen molar-refractivity contribution < 1.29 is 38.2 Å². The predicted octanol–water partition coefficient (Wildman–Crippen LogP) is 2.00. The molecule has 0 aliphatic rings. The summed E-state index contributed by atoms with van der Waals surface area (Å²) in [5.41, 5.74) is 0. The number of hydrogen-bond acceptors (Lipinski definition) is 6. The molecule has 0 rings (SSSR count). The number of rotatable bonds is 15. The summed E-state index contributed by atoms with van der Waals surface area (Å²) in [6.45, 7) is 3.56. The highest BCUT2D eigenvalue weighted by Crippen LogP contribution is 2.09. The van der Waals surface area contributed by atoms with Crippen molar-refractivity contribution in [2.75, 3.05) is 41.0 Å². The Morgan fingerprint density at radius 1 is 1.04 bits per heavy atom. The fourth-order valence-electron chi connectivity index (χ4n) is 2.52. The van der Waals surface area contributed by atoms with Crippen LogP contribution in [0.25, 0.3) is 0 Å². The molecule has 0 aliphatic carbocycles. The summed E-state index contributed by atoms with van der Waals surface area (Å²) < 4.78 is 16.1. The summed E-state index contributed by atoms with van der Waals surface area (Å²) >= 11 is 0. The van der Waals surface area contributed by atoms with E-state index < -0.39 is 24.1 Å². The summed E-state index contributed by atoms with van der Waals surface area (Å²) in [6, 6.07) is -0.599. The number of aliphatic carboxylic acids is 1. The third-order valence-electron chi connectivity index (χ3n) is 4.06. The number of carbonyl (C=O) groups is 3. The lowest BCUT2D eigenvalue weighted by Gasteiger charge is -2.31. The zero-order chi connectivity index (χ0) is 20.9. The summed E-state index contributed by atoms with van der Waals surface area (Å²) in [5, 5.41) is 9.30. The lowest BCUT2D eigenvalue weighted by Crippen LogP contribution is -2.50. The minimum absolute atomic E-state index is 0.0530. The van der Waals surface area contributed by atoms with E-state index in [0.29, 0.717) is 12.8 Å². The van der Waals surface area contributed by atoms with Crippen LogP contribution >= 0.6 is 0 Å². The quantitative estimate of drug-likeness (QED) is 0.259. The molecule has 0 aromatic rings. The van der Waals surface area contributed by atoms with E-state index in [1.807, 2.05) is 21.1 Å². The molecule has 1 N–H and O–H groups in total. The van der Waals surface area contributed by atoms with Crippen molar-refractivity contribution >= 4 is 17.9 Å². The molecular weight excluding hydrogens is 354 g/mol. The summed E-state index contributed by atoms with van der Waals surface area (Å²) in [7, 11) is 5.42. The van der Waals surface area contributed by atoms with Gasteiger partial charge in [-0.25, -0.2) is 4.79 Å². The first-order valence-electron chi connectivity index (χ1n) is 9.52. The predicted molar refractivity (Wildman–Crippen MR) is 100 cm³/mol. The number of esters is 2. The Morgan fingerprint density at radius 2 is 1.70 bits per heavy atom. The normalized spacial score (nSPS) is 13.7. The second-order valence-electron chi connectivity index (χ2n) is 7.56. The Balaban J connectivity index is 4.41. The van der Waals surface area contributed by atoms with Crippen LogP contribution in [0.5, 0.6) is 0 Å². The van der Waals surface area contributed by atoms with Crippen LogP contribution in [-0.2, 0) is 28.6 Å². The van der Waals surface area contributed by atoms with Crippen LogP contribution in [0.15, 0.2) is 0 Å². The molecular formula is C19H36NO7+. The molecule has 158 valence electrons. The Bertz CT molecular complexity index is 459. The molecule has 0 saturated heterocycles. The first-order chi connectivity index (χ1) is 12.6. The highest BCUT2D eigenvalue weighted by molar-refractivity contribution is 5.72. The maximum Gasteiger partial charge on any atom is 0.362 e. The van der Waals surface area contributed by atoms with Crippen LogP contribution in [-0.4, -0.2) is 80.6 Å². The monoisotopic (exact) mass is 390 g/mol. The van der Waals surface area contributed by atoms with E-state index in [0.717, 1.165) is 25.7 Å². The Morgan fingerprint density at radius 3 is 2.22 bits per heavy atom. The molecule has 0 aromatic heterocycles. The van der Waals surface area contributed by atoms with Gasteiger partial charge in [0.15, 0.2) is 12.1 Å². The number of unbranched alkanes of at least 4 members (excludes halogenated alkanes) is 3. The molecule has 2 atom stereocenters. The zero-order valence-corrected chi connectivity index (χ0v) is 17.4. The molecule has 0 spiro atoms. The largest absolute Gasteiger partial charge is 0.477 e. The molecule has 27 heavy (non-hydrogen) atoms. The second kappa shape index (κ2) is 13.5. The Hall–Kier alpha value is -1.67. The Labute approximate surface area is 162 Å². The number of nitrogens with zero attached hydrogens (tertiary/aromatic N) is 1. The van der Waals surface area contributed by atoms with Crippen LogP contribution in [0.3, 0.4) is 0 Å². The van der Waals surface area contributed by atoms with Crippen molar-refractivity contribution in [3.8, 4) is 0 Å². The summed E-state index contributed by atoms with van der Waals surface area (Å²) in [5.74, 6) is -1.70. The van der Waals surface area contributed by atoms with Gasteiger partial charge in [0.25, 0.3) is 0 Å². The minimum atomic E-state index is -0.888. The zero-order valence-electron chi connectivity index (χ0n) is 17.4. The first kappa shape index (κ1) is 25.3. The van der Waals surface area contributed by atoms with Gasteiger partial charge in [-0.2, -0.15) is 0 Å². The van der Waals surface area contributed by atoms with Crippen molar-refractivity contribution in [3.05, 3.63) is 0 Å². The van der Waals surface area contributed by atoms with Crippen molar-refractivity contribution in [2.45, 2.75) is 64.5 Å². The number of quaternary nitrogens is 1. The molecule has 0 aliphatic heterocycles. The van der Waals surface area contributed by atoms with E-state index >= 15 is 0 Å². The molecule has 0 amide bonds. The molecule has 8 heteroatoms. The second-order valence-corrected chi connectivity index (χ2v) is 7.56. The molecule has 0 aromatic carbocycles. The minimum Gasteiger partial charge on any atom is -0.477 e. The fourth-order valence-corrected chi connectivity index (χ4v) is 2.52. The van der Waals surface area contributed by atoms with Crippen LogP contribution in [0.1, 0.15) is 52.4 Å². The molecule has 0 fully saturated rings. The van der Waals surface area contributed by atoms with Gasteiger partial charge >= 0.3 is 17.9 Å². The van der Waals surface area contributed by atoms with Crippen LogP contribution in [0.4, 0.5) is 0 Å². The van der Waals surface area contributed by atoms with Gasteiger partial charge in [0.05, 0.1) is 34.4 Å². The van der Waals surface area contributed by atoms with Crippen LogP contribution in [0, 0.1) is 0 Å². The van der Waals surface area contributed by atoms with Gasteiger partial charge < -0.3 is 23.8 Å². The maximum atomic E-state index is 11.9. The SMILES string of the molecule is CCCCCCC(=O)OC(COCCC(C(=O)O)[N+](C)(C)C)COC(C)=O. The third-order valence-corrected chi connectivity index (χ3v) is 4.06. The number of carboxylic acids is 1. The number of carbonyl (C=O) groups excluding carboxylic acids is 2. The maximum absolute atomic E-state index is 11.9. The van der Waals surface area contributed by atoms with Gasteiger partial charge in [0.2, 0.25) is 0 Å². The van der Waals surface area contributed by atoms with Gasteiger partial charge in [0, 0.05) is 19.8 Å².